The van der Waals surface area contributed by atoms with Gasteiger partial charge in [-0.1, -0.05) is 43.9 Å². The van der Waals surface area contributed by atoms with Crippen LogP contribution in [0.1, 0.15) is 70.4 Å². The van der Waals surface area contributed by atoms with Crippen LogP contribution >= 0.6 is 0 Å². The molecule has 110 valence electrons. The lowest BCUT2D eigenvalue weighted by Crippen LogP contribution is -2.42. The molecule has 0 radical (unpaired) electrons. The van der Waals surface area contributed by atoms with Gasteiger partial charge in [-0.15, -0.1) is 0 Å². The lowest BCUT2D eigenvalue weighted by Gasteiger charge is -2.39. The standard InChI is InChI=1S/C18H27NO/c1-18(2)13-16(15-11-7-8-12-17(15)20-18)19-14-9-5-3-4-6-10-14/h7-8,11-12,14,16,19H,3-6,9-10,13H2,1-2H3. The molecule has 1 aliphatic carbocycles. The molecular formula is C18H27NO. The van der Waals surface area contributed by atoms with Crippen LogP contribution in [0.4, 0.5) is 0 Å². The van der Waals surface area contributed by atoms with Gasteiger partial charge in [0.05, 0.1) is 0 Å². The second-order valence-electron chi connectivity index (χ2n) is 7.01. The van der Waals surface area contributed by atoms with Crippen LogP contribution in [0.2, 0.25) is 0 Å². The summed E-state index contributed by atoms with van der Waals surface area (Å²) in [6.45, 7) is 4.40. The lowest BCUT2D eigenvalue weighted by molar-refractivity contribution is 0.0631. The highest BCUT2D eigenvalue weighted by atomic mass is 16.5. The zero-order valence-corrected chi connectivity index (χ0v) is 12.8. The molecule has 1 unspecified atom stereocenters. The van der Waals surface area contributed by atoms with Crippen molar-refractivity contribution in [3.05, 3.63) is 29.8 Å². The first kappa shape index (κ1) is 13.9. The fourth-order valence-corrected chi connectivity index (χ4v) is 3.68. The third-order valence-electron chi connectivity index (χ3n) is 4.67. The van der Waals surface area contributed by atoms with Crippen molar-refractivity contribution in [1.82, 2.24) is 5.32 Å². The molecule has 3 rings (SSSR count). The number of nitrogens with one attached hydrogen (secondary N) is 1. The molecule has 20 heavy (non-hydrogen) atoms. The molecule has 1 aromatic rings. The van der Waals surface area contributed by atoms with Gasteiger partial charge in [-0.2, -0.15) is 0 Å². The Balaban J connectivity index is 1.77. The number of hydrogen-bond donors (Lipinski definition) is 1. The summed E-state index contributed by atoms with van der Waals surface area (Å²) in [5.74, 6) is 1.06. The van der Waals surface area contributed by atoms with Gasteiger partial charge in [0.25, 0.3) is 0 Å². The summed E-state index contributed by atoms with van der Waals surface area (Å²) in [5.41, 5.74) is 1.27. The molecule has 1 fully saturated rings. The molecule has 1 saturated carbocycles. The minimum absolute atomic E-state index is 0.0727. The number of fused-ring (bicyclic) bond motifs is 1. The van der Waals surface area contributed by atoms with Gasteiger partial charge in [0, 0.05) is 24.1 Å². The molecule has 1 N–H and O–H groups in total. The Morgan fingerprint density at radius 3 is 2.50 bits per heavy atom. The molecule has 2 heteroatoms. The quantitative estimate of drug-likeness (QED) is 0.795. The van der Waals surface area contributed by atoms with Crippen LogP contribution in [0.15, 0.2) is 24.3 Å². The van der Waals surface area contributed by atoms with Gasteiger partial charge in [0.2, 0.25) is 0 Å². The van der Waals surface area contributed by atoms with Crippen LogP contribution in [0.5, 0.6) is 5.75 Å². The minimum Gasteiger partial charge on any atom is -0.487 e. The summed E-state index contributed by atoms with van der Waals surface area (Å²) in [5, 5.41) is 3.93. The van der Waals surface area contributed by atoms with Gasteiger partial charge >= 0.3 is 0 Å². The third kappa shape index (κ3) is 3.17. The molecule has 2 nitrogen and oxygen atoms in total. The Labute approximate surface area is 122 Å². The fraction of sp³-hybridized carbons (Fsp3) is 0.667. The summed E-state index contributed by atoms with van der Waals surface area (Å²) < 4.78 is 6.12. The SMILES string of the molecule is CC1(C)CC(NC2CCCCCC2)c2ccccc2O1. The van der Waals surface area contributed by atoms with Gasteiger partial charge in [-0.3, -0.25) is 0 Å². The first-order chi connectivity index (χ1) is 9.64. The molecule has 2 aliphatic rings. The number of ether oxygens (including phenoxy) is 1. The summed E-state index contributed by atoms with van der Waals surface area (Å²) in [4.78, 5) is 0. The second-order valence-corrected chi connectivity index (χ2v) is 7.01. The molecule has 0 saturated heterocycles. The lowest BCUT2D eigenvalue weighted by atomic mass is 9.89. The van der Waals surface area contributed by atoms with E-state index in [2.05, 4.69) is 43.4 Å². The summed E-state index contributed by atoms with van der Waals surface area (Å²) in [7, 11) is 0. The first-order valence-corrected chi connectivity index (χ1v) is 8.18. The van der Waals surface area contributed by atoms with Gasteiger partial charge in [-0.25, -0.2) is 0 Å². The highest BCUT2D eigenvalue weighted by molar-refractivity contribution is 5.38. The summed E-state index contributed by atoms with van der Waals surface area (Å²) in [6.07, 6.45) is 9.31. The summed E-state index contributed by atoms with van der Waals surface area (Å²) >= 11 is 0. The van der Waals surface area contributed by atoms with Crippen molar-refractivity contribution in [3.63, 3.8) is 0 Å². The Bertz CT molecular complexity index is 446. The normalized spacial score (nSPS) is 26.4. The number of rotatable bonds is 2. The maximum Gasteiger partial charge on any atom is 0.124 e. The van der Waals surface area contributed by atoms with Crippen molar-refractivity contribution in [1.29, 1.82) is 0 Å². The maximum absolute atomic E-state index is 6.12. The topological polar surface area (TPSA) is 21.3 Å². The van der Waals surface area contributed by atoms with E-state index in [1.807, 2.05) is 0 Å². The van der Waals surface area contributed by atoms with Crippen molar-refractivity contribution in [2.45, 2.75) is 76.5 Å². The molecule has 0 bridgehead atoms. The monoisotopic (exact) mass is 273 g/mol. The number of benzene rings is 1. The molecule has 0 amide bonds. The van der Waals surface area contributed by atoms with Crippen molar-refractivity contribution in [2.24, 2.45) is 0 Å². The van der Waals surface area contributed by atoms with Crippen LogP contribution in [0, 0.1) is 0 Å². The molecule has 0 aromatic heterocycles. The maximum atomic E-state index is 6.12. The van der Waals surface area contributed by atoms with E-state index in [1.165, 1.54) is 44.1 Å². The zero-order chi connectivity index (χ0) is 14.0. The molecule has 1 aromatic carbocycles. The highest BCUT2D eigenvalue weighted by Gasteiger charge is 2.34. The molecule has 1 aliphatic heterocycles. The van der Waals surface area contributed by atoms with Gasteiger partial charge in [-0.05, 0) is 32.8 Å². The smallest absolute Gasteiger partial charge is 0.124 e. The Kier molecular flexibility index (Phi) is 4.02. The largest absolute Gasteiger partial charge is 0.487 e. The average molecular weight is 273 g/mol. The second kappa shape index (κ2) is 5.77. The third-order valence-corrected chi connectivity index (χ3v) is 4.67. The minimum atomic E-state index is -0.0727. The van der Waals surface area contributed by atoms with Crippen LogP contribution < -0.4 is 10.1 Å². The van der Waals surface area contributed by atoms with E-state index in [1.54, 1.807) is 0 Å². The van der Waals surface area contributed by atoms with E-state index < -0.39 is 0 Å². The predicted octanol–water partition coefficient (Wildman–Crippen LogP) is 4.60. The van der Waals surface area contributed by atoms with Crippen LogP contribution in [0.25, 0.3) is 0 Å². The Morgan fingerprint density at radius 2 is 1.75 bits per heavy atom. The van der Waals surface area contributed by atoms with E-state index in [0.717, 1.165) is 12.2 Å². The highest BCUT2D eigenvalue weighted by Crippen LogP contribution is 2.39. The molecular weight excluding hydrogens is 246 g/mol. The van der Waals surface area contributed by atoms with Crippen molar-refractivity contribution >= 4 is 0 Å². The van der Waals surface area contributed by atoms with E-state index in [-0.39, 0.29) is 5.60 Å². The van der Waals surface area contributed by atoms with Gasteiger partial charge in [0.15, 0.2) is 0 Å². The van der Waals surface area contributed by atoms with E-state index in [0.29, 0.717) is 12.1 Å². The predicted molar refractivity (Wildman–Crippen MR) is 83.1 cm³/mol. The zero-order valence-electron chi connectivity index (χ0n) is 12.8. The van der Waals surface area contributed by atoms with E-state index in [9.17, 15) is 0 Å². The Morgan fingerprint density at radius 1 is 1.05 bits per heavy atom. The fourth-order valence-electron chi connectivity index (χ4n) is 3.68. The van der Waals surface area contributed by atoms with Crippen molar-refractivity contribution in [2.75, 3.05) is 0 Å². The van der Waals surface area contributed by atoms with E-state index in [4.69, 9.17) is 4.74 Å². The van der Waals surface area contributed by atoms with Crippen LogP contribution in [-0.4, -0.2) is 11.6 Å². The van der Waals surface area contributed by atoms with E-state index >= 15 is 0 Å². The number of para-hydroxylation sites is 1. The molecule has 1 heterocycles. The van der Waals surface area contributed by atoms with Gasteiger partial charge < -0.3 is 10.1 Å². The molecule has 0 spiro atoms. The van der Waals surface area contributed by atoms with Gasteiger partial charge in [0.1, 0.15) is 11.4 Å². The Hall–Kier alpha value is -1.02. The van der Waals surface area contributed by atoms with Crippen molar-refractivity contribution < 1.29 is 4.74 Å². The van der Waals surface area contributed by atoms with Crippen LogP contribution in [-0.2, 0) is 0 Å². The number of hydrogen-bond acceptors (Lipinski definition) is 2. The van der Waals surface area contributed by atoms with Crippen molar-refractivity contribution in [3.8, 4) is 5.75 Å². The average Bonchev–Trinajstić information content (AvgIpc) is 2.66. The van der Waals surface area contributed by atoms with Crippen LogP contribution in [0.3, 0.4) is 0 Å². The summed E-state index contributed by atoms with van der Waals surface area (Å²) in [6, 6.07) is 9.66. The first-order valence-electron chi connectivity index (χ1n) is 8.18. The molecule has 1 atom stereocenters.